The highest BCUT2D eigenvalue weighted by Gasteiger charge is 2.20. The van der Waals surface area contributed by atoms with Gasteiger partial charge in [-0.2, -0.15) is 0 Å². The molecule has 1 aromatic heterocycles. The molecule has 1 heterocycles. The molecule has 0 spiro atoms. The minimum absolute atomic E-state index is 0.153. The summed E-state index contributed by atoms with van der Waals surface area (Å²) in [4.78, 5) is 16.2. The van der Waals surface area contributed by atoms with E-state index in [9.17, 15) is 10.1 Å². The molecule has 122 valence electrons. The third-order valence-electron chi connectivity index (χ3n) is 3.67. The van der Waals surface area contributed by atoms with Crippen molar-refractivity contribution in [1.82, 2.24) is 4.98 Å². The molecule has 0 bridgehead atoms. The first-order valence-electron chi connectivity index (χ1n) is 7.43. The van der Waals surface area contributed by atoms with Crippen molar-refractivity contribution < 1.29 is 9.66 Å². The smallest absolute Gasteiger partial charge is 0.220 e. The van der Waals surface area contributed by atoms with Crippen LogP contribution in [0.2, 0.25) is 0 Å². The van der Waals surface area contributed by atoms with Gasteiger partial charge in [-0.05, 0) is 29.8 Å². The van der Waals surface area contributed by atoms with Crippen LogP contribution >= 0.6 is 11.8 Å². The van der Waals surface area contributed by atoms with Crippen molar-refractivity contribution in [3.05, 3.63) is 76.5 Å². The minimum Gasteiger partial charge on any atom is -0.497 e. The highest BCUT2D eigenvalue weighted by Crippen LogP contribution is 2.38. The summed E-state index contributed by atoms with van der Waals surface area (Å²) in [6, 6.07) is 17.2. The number of thioether (sulfide) groups is 1. The van der Waals surface area contributed by atoms with Crippen molar-refractivity contribution in [2.45, 2.75) is 10.1 Å². The Morgan fingerprint density at radius 2 is 1.92 bits per heavy atom. The number of pyridine rings is 1. The van der Waals surface area contributed by atoms with Gasteiger partial charge in [-0.3, -0.25) is 15.1 Å². The molecule has 0 N–H and O–H groups in total. The summed E-state index contributed by atoms with van der Waals surface area (Å²) in [6.45, 7) is -0.153. The zero-order valence-corrected chi connectivity index (χ0v) is 13.9. The predicted molar refractivity (Wildman–Crippen MR) is 95.2 cm³/mol. The van der Waals surface area contributed by atoms with Crippen LogP contribution < -0.4 is 4.74 Å². The van der Waals surface area contributed by atoms with Crippen molar-refractivity contribution in [1.29, 1.82) is 0 Å². The number of para-hydroxylation sites is 1. The Morgan fingerprint density at radius 1 is 1.17 bits per heavy atom. The molecule has 1 unspecified atom stereocenters. The molecular weight excluding hydrogens is 324 g/mol. The van der Waals surface area contributed by atoms with Crippen LogP contribution in [-0.2, 0) is 0 Å². The molecule has 2 aromatic carbocycles. The van der Waals surface area contributed by atoms with Crippen molar-refractivity contribution in [3.63, 3.8) is 0 Å². The summed E-state index contributed by atoms with van der Waals surface area (Å²) in [5.74, 6) is 0.732. The van der Waals surface area contributed by atoms with Crippen LogP contribution in [0.3, 0.4) is 0 Å². The van der Waals surface area contributed by atoms with Crippen molar-refractivity contribution in [2.24, 2.45) is 0 Å². The quantitative estimate of drug-likeness (QED) is 0.379. The van der Waals surface area contributed by atoms with Crippen LogP contribution in [0, 0.1) is 10.1 Å². The van der Waals surface area contributed by atoms with E-state index in [1.165, 1.54) is 11.8 Å². The fourth-order valence-corrected chi connectivity index (χ4v) is 3.72. The lowest BCUT2D eigenvalue weighted by molar-refractivity contribution is -0.479. The molecule has 3 rings (SSSR count). The molecule has 0 amide bonds. The van der Waals surface area contributed by atoms with Crippen LogP contribution in [0.4, 0.5) is 0 Å². The Morgan fingerprint density at radius 3 is 2.62 bits per heavy atom. The lowest BCUT2D eigenvalue weighted by Gasteiger charge is -2.14. The first kappa shape index (κ1) is 16.3. The number of hydrogen-bond donors (Lipinski definition) is 0. The minimum atomic E-state index is -0.293. The topological polar surface area (TPSA) is 65.3 Å². The summed E-state index contributed by atoms with van der Waals surface area (Å²) >= 11 is 1.47. The molecule has 24 heavy (non-hydrogen) atoms. The first-order chi connectivity index (χ1) is 11.7. The molecule has 0 aliphatic heterocycles. The summed E-state index contributed by atoms with van der Waals surface area (Å²) in [6.07, 6.45) is 1.74. The number of nitrogens with zero attached hydrogens (tertiary/aromatic N) is 2. The summed E-state index contributed by atoms with van der Waals surface area (Å²) in [5.41, 5.74) is 1.76. The zero-order valence-electron chi connectivity index (χ0n) is 13.1. The van der Waals surface area contributed by atoms with Gasteiger partial charge in [0.15, 0.2) is 0 Å². The van der Waals surface area contributed by atoms with Crippen molar-refractivity contribution in [2.75, 3.05) is 13.7 Å². The molecule has 0 radical (unpaired) electrons. The third kappa shape index (κ3) is 3.65. The fourth-order valence-electron chi connectivity index (χ4n) is 2.49. The molecule has 0 saturated carbocycles. The van der Waals surface area contributed by atoms with Crippen molar-refractivity contribution in [3.8, 4) is 5.75 Å². The van der Waals surface area contributed by atoms with Gasteiger partial charge in [-0.25, -0.2) is 0 Å². The van der Waals surface area contributed by atoms with Crippen LogP contribution in [0.25, 0.3) is 10.9 Å². The zero-order chi connectivity index (χ0) is 16.9. The second-order valence-corrected chi connectivity index (χ2v) is 6.47. The highest BCUT2D eigenvalue weighted by atomic mass is 32.2. The first-order valence-corrected chi connectivity index (χ1v) is 8.31. The van der Waals surface area contributed by atoms with E-state index >= 15 is 0 Å². The van der Waals surface area contributed by atoms with Crippen LogP contribution in [0.1, 0.15) is 10.8 Å². The van der Waals surface area contributed by atoms with Gasteiger partial charge in [0.2, 0.25) is 6.54 Å². The van der Waals surface area contributed by atoms with E-state index in [1.807, 2.05) is 54.6 Å². The highest BCUT2D eigenvalue weighted by molar-refractivity contribution is 7.99. The van der Waals surface area contributed by atoms with Gasteiger partial charge >= 0.3 is 0 Å². The van der Waals surface area contributed by atoms with E-state index in [0.717, 1.165) is 27.1 Å². The number of nitro groups is 1. The van der Waals surface area contributed by atoms with E-state index in [4.69, 9.17) is 4.74 Å². The maximum Gasteiger partial charge on any atom is 0.220 e. The van der Waals surface area contributed by atoms with Crippen LogP contribution in [0.15, 0.2) is 65.7 Å². The standard InChI is InChI=1S/C18H16N2O3S/c1-23-15-9-7-13(8-10-15)17(12-20(21)22)24-16-6-2-4-14-5-3-11-19-18(14)16/h2-11,17H,12H2,1H3. The fraction of sp³-hybridized carbons (Fsp3) is 0.167. The Kier molecular flexibility index (Phi) is 4.96. The number of aromatic nitrogens is 1. The van der Waals surface area contributed by atoms with Gasteiger partial charge < -0.3 is 4.74 Å². The van der Waals surface area contributed by atoms with Gasteiger partial charge in [0.05, 0.1) is 17.9 Å². The van der Waals surface area contributed by atoms with Crippen LogP contribution in [0.5, 0.6) is 5.75 Å². The molecule has 0 aliphatic rings. The second kappa shape index (κ2) is 7.31. The predicted octanol–water partition coefficient (Wildman–Crippen LogP) is 4.35. The van der Waals surface area contributed by atoms with Gasteiger partial charge in [0.1, 0.15) is 5.75 Å². The van der Waals surface area contributed by atoms with Gasteiger partial charge in [-0.1, -0.05) is 30.3 Å². The van der Waals surface area contributed by atoms with Gasteiger partial charge in [-0.15, -0.1) is 11.8 Å². The number of methoxy groups -OCH3 is 1. The number of ether oxygens (including phenoxy) is 1. The molecule has 1 atom stereocenters. The Balaban J connectivity index is 1.95. The monoisotopic (exact) mass is 340 g/mol. The maximum atomic E-state index is 11.1. The van der Waals surface area contributed by atoms with Crippen LogP contribution in [-0.4, -0.2) is 23.6 Å². The molecule has 0 saturated heterocycles. The maximum absolute atomic E-state index is 11.1. The summed E-state index contributed by atoms with van der Waals surface area (Å²) in [5, 5.41) is 11.8. The Labute approximate surface area is 143 Å². The summed E-state index contributed by atoms with van der Waals surface area (Å²) in [7, 11) is 1.60. The normalized spacial score (nSPS) is 12.0. The largest absolute Gasteiger partial charge is 0.497 e. The van der Waals surface area contributed by atoms with E-state index in [-0.39, 0.29) is 16.7 Å². The summed E-state index contributed by atoms with van der Waals surface area (Å²) < 4.78 is 5.16. The Bertz CT molecular complexity index is 847. The van der Waals surface area contributed by atoms with E-state index in [0.29, 0.717) is 0 Å². The average molecular weight is 340 g/mol. The average Bonchev–Trinajstić information content (AvgIpc) is 2.61. The number of rotatable bonds is 6. The lowest BCUT2D eigenvalue weighted by atomic mass is 10.1. The SMILES string of the molecule is COc1ccc(C(C[N+](=O)[O-])Sc2cccc3cccnc23)cc1. The second-order valence-electron chi connectivity index (χ2n) is 5.23. The number of fused-ring (bicyclic) bond motifs is 1. The molecule has 3 aromatic rings. The van der Waals surface area contributed by atoms with Crippen molar-refractivity contribution >= 4 is 22.7 Å². The van der Waals surface area contributed by atoms with Gasteiger partial charge in [0, 0.05) is 21.4 Å². The molecule has 5 nitrogen and oxygen atoms in total. The lowest BCUT2D eigenvalue weighted by Crippen LogP contribution is -2.09. The molecule has 0 fully saturated rings. The number of benzene rings is 2. The van der Waals surface area contributed by atoms with E-state index in [1.54, 1.807) is 13.3 Å². The number of hydrogen-bond acceptors (Lipinski definition) is 5. The van der Waals surface area contributed by atoms with Gasteiger partial charge in [0.25, 0.3) is 0 Å². The van der Waals surface area contributed by atoms with E-state index in [2.05, 4.69) is 4.98 Å². The third-order valence-corrected chi connectivity index (χ3v) is 4.96. The Hall–Kier alpha value is -2.60. The van der Waals surface area contributed by atoms with E-state index < -0.39 is 0 Å². The molecular formula is C18H16N2O3S. The molecule has 6 heteroatoms. The molecule has 0 aliphatic carbocycles.